The van der Waals surface area contributed by atoms with Crippen molar-refractivity contribution in [1.29, 1.82) is 0 Å². The summed E-state index contributed by atoms with van der Waals surface area (Å²) in [4.78, 5) is 1.26. The molecule has 0 bridgehead atoms. The predicted molar refractivity (Wildman–Crippen MR) is 74.1 cm³/mol. The third-order valence-electron chi connectivity index (χ3n) is 2.28. The van der Waals surface area contributed by atoms with Gasteiger partial charge in [-0.1, -0.05) is 18.2 Å². The SMILES string of the molecule is NC(Cc1ccc(I)cc1)c1cccs1. The molecule has 1 aromatic carbocycles. The lowest BCUT2D eigenvalue weighted by atomic mass is 10.1. The smallest absolute Gasteiger partial charge is 0.0430 e. The van der Waals surface area contributed by atoms with Crippen LogP contribution in [0.2, 0.25) is 0 Å². The van der Waals surface area contributed by atoms with Crippen molar-refractivity contribution in [2.75, 3.05) is 0 Å². The Balaban J connectivity index is 2.06. The molecule has 2 rings (SSSR count). The topological polar surface area (TPSA) is 26.0 Å². The monoisotopic (exact) mass is 329 g/mol. The minimum Gasteiger partial charge on any atom is -0.323 e. The van der Waals surface area contributed by atoms with E-state index in [1.807, 2.05) is 6.07 Å². The maximum Gasteiger partial charge on any atom is 0.0430 e. The Hall–Kier alpha value is -0.390. The highest BCUT2D eigenvalue weighted by Gasteiger charge is 2.07. The minimum atomic E-state index is 0.130. The van der Waals surface area contributed by atoms with Crippen molar-refractivity contribution < 1.29 is 0 Å². The highest BCUT2D eigenvalue weighted by Crippen LogP contribution is 2.20. The van der Waals surface area contributed by atoms with E-state index in [4.69, 9.17) is 5.73 Å². The molecular weight excluding hydrogens is 317 g/mol. The average Bonchev–Trinajstić information content (AvgIpc) is 2.74. The van der Waals surface area contributed by atoms with E-state index in [9.17, 15) is 0 Å². The first-order valence-electron chi connectivity index (χ1n) is 4.79. The van der Waals surface area contributed by atoms with E-state index in [0.717, 1.165) is 6.42 Å². The molecule has 0 aliphatic heterocycles. The van der Waals surface area contributed by atoms with Crippen LogP contribution in [0.25, 0.3) is 0 Å². The number of hydrogen-bond donors (Lipinski definition) is 1. The minimum absolute atomic E-state index is 0.130. The Morgan fingerprint density at radius 3 is 2.53 bits per heavy atom. The van der Waals surface area contributed by atoms with Gasteiger partial charge in [-0.25, -0.2) is 0 Å². The van der Waals surface area contributed by atoms with Gasteiger partial charge in [-0.3, -0.25) is 0 Å². The molecule has 2 aromatic rings. The molecule has 1 unspecified atom stereocenters. The van der Waals surface area contributed by atoms with Gasteiger partial charge in [0.1, 0.15) is 0 Å². The van der Waals surface area contributed by atoms with Gasteiger partial charge in [-0.2, -0.15) is 0 Å². The molecule has 0 saturated heterocycles. The summed E-state index contributed by atoms with van der Waals surface area (Å²) in [6, 6.07) is 12.8. The fourth-order valence-electron chi connectivity index (χ4n) is 1.48. The molecule has 1 aromatic heterocycles. The summed E-state index contributed by atoms with van der Waals surface area (Å²) in [7, 11) is 0. The molecule has 0 radical (unpaired) electrons. The molecule has 1 atom stereocenters. The number of halogens is 1. The molecule has 0 fully saturated rings. The van der Waals surface area contributed by atoms with Crippen molar-refractivity contribution in [3.8, 4) is 0 Å². The van der Waals surface area contributed by atoms with Crippen molar-refractivity contribution >= 4 is 33.9 Å². The van der Waals surface area contributed by atoms with Crippen LogP contribution in [-0.2, 0) is 6.42 Å². The van der Waals surface area contributed by atoms with E-state index in [0.29, 0.717) is 0 Å². The number of benzene rings is 1. The fraction of sp³-hybridized carbons (Fsp3) is 0.167. The third kappa shape index (κ3) is 3.03. The van der Waals surface area contributed by atoms with Crippen molar-refractivity contribution in [1.82, 2.24) is 0 Å². The van der Waals surface area contributed by atoms with Crippen LogP contribution in [0.15, 0.2) is 41.8 Å². The van der Waals surface area contributed by atoms with Gasteiger partial charge in [-0.05, 0) is 58.2 Å². The van der Waals surface area contributed by atoms with Crippen LogP contribution < -0.4 is 5.73 Å². The van der Waals surface area contributed by atoms with Crippen molar-refractivity contribution in [2.45, 2.75) is 12.5 Å². The molecule has 0 amide bonds. The first-order valence-corrected chi connectivity index (χ1v) is 6.75. The molecule has 0 saturated carbocycles. The second-order valence-electron chi connectivity index (χ2n) is 3.45. The second-order valence-corrected chi connectivity index (χ2v) is 5.68. The first-order chi connectivity index (χ1) is 7.25. The summed E-state index contributed by atoms with van der Waals surface area (Å²) in [5.41, 5.74) is 7.42. The highest BCUT2D eigenvalue weighted by atomic mass is 127. The Bertz CT molecular complexity index is 408. The Kier molecular flexibility index (Phi) is 3.77. The molecule has 2 N–H and O–H groups in total. The first kappa shape index (κ1) is 11.1. The normalized spacial score (nSPS) is 12.7. The molecule has 78 valence electrons. The quantitative estimate of drug-likeness (QED) is 0.856. The van der Waals surface area contributed by atoms with Crippen LogP contribution in [0.1, 0.15) is 16.5 Å². The van der Waals surface area contributed by atoms with Gasteiger partial charge in [0.15, 0.2) is 0 Å². The Morgan fingerprint density at radius 1 is 1.20 bits per heavy atom. The van der Waals surface area contributed by atoms with Gasteiger partial charge in [0.2, 0.25) is 0 Å². The molecule has 3 heteroatoms. The lowest BCUT2D eigenvalue weighted by molar-refractivity contribution is 0.736. The van der Waals surface area contributed by atoms with Gasteiger partial charge in [0.25, 0.3) is 0 Å². The van der Waals surface area contributed by atoms with E-state index < -0.39 is 0 Å². The van der Waals surface area contributed by atoms with Crippen molar-refractivity contribution in [3.63, 3.8) is 0 Å². The van der Waals surface area contributed by atoms with E-state index in [1.165, 1.54) is 14.0 Å². The summed E-state index contributed by atoms with van der Waals surface area (Å²) in [6.07, 6.45) is 0.914. The molecule has 0 spiro atoms. The number of rotatable bonds is 3. The van der Waals surface area contributed by atoms with E-state index in [-0.39, 0.29) is 6.04 Å². The van der Waals surface area contributed by atoms with Crippen molar-refractivity contribution in [3.05, 3.63) is 55.8 Å². The Morgan fingerprint density at radius 2 is 1.93 bits per heavy atom. The summed E-state index contributed by atoms with van der Waals surface area (Å²) in [5, 5.41) is 2.07. The predicted octanol–water partition coefficient (Wildman–Crippen LogP) is 3.60. The molecular formula is C12H12INS. The standard InChI is InChI=1S/C12H12INS/c13-10-5-3-9(4-6-10)8-11(14)12-2-1-7-15-12/h1-7,11H,8,14H2. The second kappa shape index (κ2) is 5.09. The third-order valence-corrected chi connectivity index (χ3v) is 4.00. The Labute approximate surface area is 107 Å². The van der Waals surface area contributed by atoms with E-state index >= 15 is 0 Å². The summed E-state index contributed by atoms with van der Waals surface area (Å²) >= 11 is 4.04. The van der Waals surface area contributed by atoms with Crippen LogP contribution >= 0.6 is 33.9 Å². The highest BCUT2D eigenvalue weighted by molar-refractivity contribution is 14.1. The largest absolute Gasteiger partial charge is 0.323 e. The molecule has 15 heavy (non-hydrogen) atoms. The zero-order valence-electron chi connectivity index (χ0n) is 8.19. The summed E-state index contributed by atoms with van der Waals surface area (Å²) in [6.45, 7) is 0. The van der Waals surface area contributed by atoms with Gasteiger partial charge < -0.3 is 5.73 Å². The molecule has 0 aliphatic carbocycles. The van der Waals surface area contributed by atoms with Crippen LogP contribution in [0.5, 0.6) is 0 Å². The lowest BCUT2D eigenvalue weighted by Crippen LogP contribution is -2.11. The van der Waals surface area contributed by atoms with Gasteiger partial charge in [0.05, 0.1) is 0 Å². The number of thiophene rings is 1. The lowest BCUT2D eigenvalue weighted by Gasteiger charge is -2.09. The van der Waals surface area contributed by atoms with Gasteiger partial charge >= 0.3 is 0 Å². The van der Waals surface area contributed by atoms with Gasteiger partial charge in [0, 0.05) is 14.5 Å². The van der Waals surface area contributed by atoms with Crippen LogP contribution in [0.4, 0.5) is 0 Å². The summed E-state index contributed by atoms with van der Waals surface area (Å²) < 4.78 is 1.26. The zero-order chi connectivity index (χ0) is 10.7. The van der Waals surface area contributed by atoms with Crippen molar-refractivity contribution in [2.24, 2.45) is 5.73 Å². The fourth-order valence-corrected chi connectivity index (χ4v) is 2.57. The zero-order valence-corrected chi connectivity index (χ0v) is 11.2. The summed E-state index contributed by atoms with van der Waals surface area (Å²) in [5.74, 6) is 0. The molecule has 0 aliphatic rings. The van der Waals surface area contributed by atoms with Crippen LogP contribution in [0, 0.1) is 3.57 Å². The van der Waals surface area contributed by atoms with E-state index in [1.54, 1.807) is 11.3 Å². The molecule has 1 heterocycles. The number of hydrogen-bond acceptors (Lipinski definition) is 2. The average molecular weight is 329 g/mol. The molecule has 1 nitrogen and oxygen atoms in total. The maximum absolute atomic E-state index is 6.12. The van der Waals surface area contributed by atoms with Crippen LogP contribution in [-0.4, -0.2) is 0 Å². The van der Waals surface area contributed by atoms with Crippen LogP contribution in [0.3, 0.4) is 0 Å². The maximum atomic E-state index is 6.12. The van der Waals surface area contributed by atoms with E-state index in [2.05, 4.69) is 58.3 Å². The number of nitrogens with two attached hydrogens (primary N) is 1. The van der Waals surface area contributed by atoms with Gasteiger partial charge in [-0.15, -0.1) is 11.3 Å².